The molecular formula is C20H27N5O2. The van der Waals surface area contributed by atoms with E-state index in [-0.39, 0.29) is 0 Å². The highest BCUT2D eigenvalue weighted by Gasteiger charge is 2.17. The van der Waals surface area contributed by atoms with Gasteiger partial charge in [0.25, 0.3) is 0 Å². The summed E-state index contributed by atoms with van der Waals surface area (Å²) < 4.78 is 7.13. The number of nitrogens with zero attached hydrogens (tertiary/aromatic N) is 5. The van der Waals surface area contributed by atoms with Crippen LogP contribution in [0, 0.1) is 0 Å². The van der Waals surface area contributed by atoms with Gasteiger partial charge in [-0.25, -0.2) is 0 Å². The number of likely N-dealkylation sites (N-methyl/N-ethyl adjacent to an activating group) is 1. The summed E-state index contributed by atoms with van der Waals surface area (Å²) in [5.74, 6) is 1.76. The predicted octanol–water partition coefficient (Wildman–Crippen LogP) is 1.32. The van der Waals surface area contributed by atoms with Gasteiger partial charge in [0, 0.05) is 39.4 Å². The Hall–Kier alpha value is -2.80. The van der Waals surface area contributed by atoms with Gasteiger partial charge in [-0.2, -0.15) is 0 Å². The van der Waals surface area contributed by atoms with Gasteiger partial charge in [-0.15, -0.1) is 4.73 Å². The monoisotopic (exact) mass is 369 g/mol. The van der Waals surface area contributed by atoms with Crippen LogP contribution in [0.4, 0.5) is 5.82 Å². The zero-order valence-electron chi connectivity index (χ0n) is 16.2. The van der Waals surface area contributed by atoms with Gasteiger partial charge in [-0.3, -0.25) is 9.98 Å². The van der Waals surface area contributed by atoms with Gasteiger partial charge < -0.3 is 19.4 Å². The fraction of sp³-hybridized carbons (Fsp3) is 0.400. The molecule has 0 N–H and O–H groups in total. The first-order valence-electron chi connectivity index (χ1n) is 9.10. The van der Waals surface area contributed by atoms with Gasteiger partial charge in [0.1, 0.15) is 23.9 Å². The maximum absolute atomic E-state index is 6.05. The number of pyridine rings is 2. The van der Waals surface area contributed by atoms with Gasteiger partial charge in [-0.1, -0.05) is 6.07 Å². The first-order chi connectivity index (χ1) is 13.2. The molecule has 2 aromatic rings. The number of ether oxygens (including phenoxy) is 1. The van der Waals surface area contributed by atoms with Crippen LogP contribution in [-0.2, 0) is 0 Å². The third-order valence-corrected chi connectivity index (χ3v) is 4.56. The number of hydrogen-bond acceptors (Lipinski definition) is 6. The molecular weight excluding hydrogens is 342 g/mol. The number of hydrogen-bond donors (Lipinski definition) is 0. The van der Waals surface area contributed by atoms with E-state index in [0.29, 0.717) is 6.61 Å². The van der Waals surface area contributed by atoms with Crippen molar-refractivity contribution in [2.75, 3.05) is 58.9 Å². The van der Waals surface area contributed by atoms with Crippen LogP contribution >= 0.6 is 0 Å². The van der Waals surface area contributed by atoms with Crippen molar-refractivity contribution < 1.29 is 9.57 Å². The van der Waals surface area contributed by atoms with Crippen LogP contribution in [0.15, 0.2) is 47.6 Å². The second-order valence-corrected chi connectivity index (χ2v) is 6.34. The molecule has 0 radical (unpaired) electrons. The molecule has 0 bridgehead atoms. The molecule has 1 saturated heterocycles. The molecule has 1 aliphatic rings. The summed E-state index contributed by atoms with van der Waals surface area (Å²) in [5, 5.41) is 0. The number of anilines is 1. The van der Waals surface area contributed by atoms with E-state index in [1.165, 1.54) is 0 Å². The molecule has 144 valence electrons. The van der Waals surface area contributed by atoms with Gasteiger partial charge in [0.05, 0.1) is 7.11 Å². The summed E-state index contributed by atoms with van der Waals surface area (Å²) in [6, 6.07) is 9.78. The minimum Gasteiger partial charge on any atom is -0.494 e. The summed E-state index contributed by atoms with van der Waals surface area (Å²) in [7, 11) is 5.57. The highest BCUT2D eigenvalue weighted by molar-refractivity contribution is 5.52. The topological polar surface area (TPSA) is 55.1 Å². The molecule has 3 rings (SSSR count). The highest BCUT2D eigenvalue weighted by atomic mass is 16.7. The summed E-state index contributed by atoms with van der Waals surface area (Å²) in [4.78, 5) is 19.4. The zero-order chi connectivity index (χ0) is 19.1. The van der Waals surface area contributed by atoms with E-state index < -0.39 is 0 Å². The maximum Gasteiger partial charge on any atom is 0.165 e. The fourth-order valence-electron chi connectivity index (χ4n) is 3.02. The van der Waals surface area contributed by atoms with Crippen molar-refractivity contribution in [1.29, 1.82) is 0 Å². The molecule has 3 heterocycles. The maximum atomic E-state index is 6.05. The minimum absolute atomic E-state index is 0.400. The molecule has 0 amide bonds. The van der Waals surface area contributed by atoms with Crippen molar-refractivity contribution in [3.63, 3.8) is 0 Å². The molecule has 27 heavy (non-hydrogen) atoms. The molecule has 7 heteroatoms. The first-order valence-corrected chi connectivity index (χ1v) is 9.10. The predicted molar refractivity (Wildman–Crippen MR) is 107 cm³/mol. The Balaban J connectivity index is 1.75. The average molecular weight is 369 g/mol. The zero-order valence-corrected chi connectivity index (χ0v) is 16.2. The lowest BCUT2D eigenvalue weighted by Gasteiger charge is -2.34. The summed E-state index contributed by atoms with van der Waals surface area (Å²) in [6.07, 6.45) is 5.58. The molecule has 1 fully saturated rings. The Bertz CT molecular complexity index is 838. The van der Waals surface area contributed by atoms with Crippen molar-refractivity contribution in [2.24, 2.45) is 4.99 Å². The van der Waals surface area contributed by atoms with E-state index in [1.807, 2.05) is 41.1 Å². The third-order valence-electron chi connectivity index (χ3n) is 4.56. The van der Waals surface area contributed by atoms with Gasteiger partial charge in [0.15, 0.2) is 5.49 Å². The SMILES string of the molecule is C/N=c1/cccc(N2CCN(C)CC2)n1OC/C=C/c1ncccc1OC. The Kier molecular flexibility index (Phi) is 6.49. The molecule has 2 aromatic heterocycles. The van der Waals surface area contributed by atoms with Crippen molar-refractivity contribution in [2.45, 2.75) is 0 Å². The van der Waals surface area contributed by atoms with Crippen LogP contribution < -0.4 is 20.0 Å². The van der Waals surface area contributed by atoms with Crippen molar-refractivity contribution >= 4 is 11.9 Å². The van der Waals surface area contributed by atoms with Gasteiger partial charge in [-0.05, 0) is 43.5 Å². The minimum atomic E-state index is 0.400. The van der Waals surface area contributed by atoms with Gasteiger partial charge >= 0.3 is 0 Å². The lowest BCUT2D eigenvalue weighted by atomic mass is 10.3. The van der Waals surface area contributed by atoms with Crippen LogP contribution in [0.5, 0.6) is 5.75 Å². The fourth-order valence-corrected chi connectivity index (χ4v) is 3.02. The number of aromatic nitrogens is 2. The lowest BCUT2D eigenvalue weighted by Crippen LogP contribution is -2.47. The molecule has 7 nitrogen and oxygen atoms in total. The van der Waals surface area contributed by atoms with E-state index in [0.717, 1.165) is 48.9 Å². The summed E-state index contributed by atoms with van der Waals surface area (Å²) in [6.45, 7) is 4.40. The van der Waals surface area contributed by atoms with Crippen LogP contribution in [-0.4, -0.2) is 68.6 Å². The number of methoxy groups -OCH3 is 1. The van der Waals surface area contributed by atoms with Crippen molar-refractivity contribution in [1.82, 2.24) is 14.6 Å². The van der Waals surface area contributed by atoms with E-state index >= 15 is 0 Å². The van der Waals surface area contributed by atoms with E-state index in [4.69, 9.17) is 9.57 Å². The quantitative estimate of drug-likeness (QED) is 0.769. The average Bonchev–Trinajstić information content (AvgIpc) is 2.72. The first kappa shape index (κ1) is 19.0. The van der Waals surface area contributed by atoms with Crippen LogP contribution in [0.25, 0.3) is 6.08 Å². The second-order valence-electron chi connectivity index (χ2n) is 6.34. The van der Waals surface area contributed by atoms with Crippen LogP contribution in [0.1, 0.15) is 5.69 Å². The number of piperazine rings is 1. The Morgan fingerprint density at radius 2 is 1.96 bits per heavy atom. The van der Waals surface area contributed by atoms with E-state index in [2.05, 4.69) is 32.9 Å². The smallest absolute Gasteiger partial charge is 0.165 e. The largest absolute Gasteiger partial charge is 0.494 e. The van der Waals surface area contributed by atoms with Crippen molar-refractivity contribution in [3.05, 3.63) is 53.8 Å². The normalized spacial score (nSPS) is 16.1. The van der Waals surface area contributed by atoms with E-state index in [9.17, 15) is 0 Å². The molecule has 0 unspecified atom stereocenters. The Morgan fingerprint density at radius 3 is 2.70 bits per heavy atom. The molecule has 0 saturated carbocycles. The standard InChI is InChI=1S/C20H27N5O2/c1-21-19-9-4-10-20(24-14-12-23(2)13-15-24)25(19)27-16-6-7-17-18(26-3)8-5-11-22-17/h4-11H,12-16H2,1-3H3/b7-6+,21-19-. The third kappa shape index (κ3) is 4.68. The molecule has 0 atom stereocenters. The Labute approximate surface area is 160 Å². The lowest BCUT2D eigenvalue weighted by molar-refractivity contribution is 0.125. The molecule has 0 spiro atoms. The molecule has 0 aromatic carbocycles. The molecule has 0 aliphatic carbocycles. The summed E-state index contributed by atoms with van der Waals surface area (Å²) >= 11 is 0. The molecule has 1 aliphatic heterocycles. The second kappa shape index (κ2) is 9.23. The van der Waals surface area contributed by atoms with Gasteiger partial charge in [0.2, 0.25) is 0 Å². The van der Waals surface area contributed by atoms with E-state index in [1.54, 1.807) is 20.4 Å². The van der Waals surface area contributed by atoms with Crippen LogP contribution in [0.2, 0.25) is 0 Å². The highest BCUT2D eigenvalue weighted by Crippen LogP contribution is 2.16. The summed E-state index contributed by atoms with van der Waals surface area (Å²) in [5.41, 5.74) is 1.57. The number of rotatable bonds is 6. The Morgan fingerprint density at radius 1 is 1.15 bits per heavy atom. The van der Waals surface area contributed by atoms with Crippen molar-refractivity contribution in [3.8, 4) is 5.75 Å². The van der Waals surface area contributed by atoms with Crippen LogP contribution in [0.3, 0.4) is 0 Å².